The van der Waals surface area contributed by atoms with Crippen molar-refractivity contribution in [2.24, 2.45) is 5.92 Å². The molecule has 1 N–H and O–H groups in total. The van der Waals surface area contributed by atoms with E-state index in [9.17, 15) is 9.90 Å². The van der Waals surface area contributed by atoms with Gasteiger partial charge in [-0.1, -0.05) is 0 Å². The molecule has 1 atom stereocenters. The van der Waals surface area contributed by atoms with Crippen molar-refractivity contribution in [3.05, 3.63) is 24.3 Å². The standard InChI is InChI=1S/C15H21NO3/c1-4-19-13-7-5-12(6-8-13)16-14(18)9-11(10-17)15(16,2)3/h5-8,11,17H,4,9-10H2,1-3H3. The summed E-state index contributed by atoms with van der Waals surface area (Å²) in [6.07, 6.45) is 0.400. The number of hydrogen-bond donors (Lipinski definition) is 1. The third-order valence-electron chi connectivity index (χ3n) is 3.87. The molecule has 1 amide bonds. The summed E-state index contributed by atoms with van der Waals surface area (Å²) in [6, 6.07) is 7.53. The van der Waals surface area contributed by atoms with E-state index in [0.717, 1.165) is 11.4 Å². The molecule has 2 rings (SSSR count). The zero-order chi connectivity index (χ0) is 14.0. The van der Waals surface area contributed by atoms with Crippen LogP contribution in [0.1, 0.15) is 27.2 Å². The van der Waals surface area contributed by atoms with Gasteiger partial charge in [-0.15, -0.1) is 0 Å². The number of aliphatic hydroxyl groups excluding tert-OH is 1. The Morgan fingerprint density at radius 1 is 1.37 bits per heavy atom. The Morgan fingerprint density at radius 3 is 2.47 bits per heavy atom. The Kier molecular flexibility index (Phi) is 3.80. The van der Waals surface area contributed by atoms with Gasteiger partial charge in [-0.05, 0) is 45.0 Å². The molecule has 4 nitrogen and oxygen atoms in total. The molecule has 0 aromatic heterocycles. The zero-order valence-electron chi connectivity index (χ0n) is 11.7. The van der Waals surface area contributed by atoms with Crippen LogP contribution in [0.5, 0.6) is 5.75 Å². The molecule has 1 aliphatic heterocycles. The van der Waals surface area contributed by atoms with E-state index in [4.69, 9.17) is 4.74 Å². The van der Waals surface area contributed by atoms with E-state index in [1.807, 2.05) is 45.0 Å². The Balaban J connectivity index is 2.27. The molecular formula is C15H21NO3. The lowest BCUT2D eigenvalue weighted by Gasteiger charge is -2.35. The molecule has 0 bridgehead atoms. The number of carbonyl (C=O) groups is 1. The van der Waals surface area contributed by atoms with Gasteiger partial charge in [-0.25, -0.2) is 0 Å². The summed E-state index contributed by atoms with van der Waals surface area (Å²) in [5, 5.41) is 9.40. The molecule has 1 saturated heterocycles. The summed E-state index contributed by atoms with van der Waals surface area (Å²) >= 11 is 0. The smallest absolute Gasteiger partial charge is 0.227 e. The van der Waals surface area contributed by atoms with Crippen molar-refractivity contribution in [2.75, 3.05) is 18.1 Å². The summed E-state index contributed by atoms with van der Waals surface area (Å²) in [6.45, 7) is 6.59. The van der Waals surface area contributed by atoms with Crippen LogP contribution in [0.25, 0.3) is 0 Å². The second-order valence-corrected chi connectivity index (χ2v) is 5.39. The second kappa shape index (κ2) is 5.21. The van der Waals surface area contributed by atoms with E-state index < -0.39 is 0 Å². The maximum atomic E-state index is 12.2. The Labute approximate surface area is 114 Å². The minimum absolute atomic E-state index is 0.0217. The van der Waals surface area contributed by atoms with Crippen LogP contribution in [0, 0.1) is 5.92 Å². The van der Waals surface area contributed by atoms with Gasteiger partial charge in [0.1, 0.15) is 5.75 Å². The molecule has 1 aliphatic rings. The van der Waals surface area contributed by atoms with Crippen LogP contribution in [0.2, 0.25) is 0 Å². The van der Waals surface area contributed by atoms with E-state index >= 15 is 0 Å². The Bertz CT molecular complexity index is 453. The third kappa shape index (κ3) is 2.45. The molecule has 4 heteroatoms. The molecule has 1 fully saturated rings. The highest BCUT2D eigenvalue weighted by Crippen LogP contribution is 2.39. The van der Waals surface area contributed by atoms with Gasteiger partial charge in [0, 0.05) is 30.2 Å². The molecule has 1 unspecified atom stereocenters. The van der Waals surface area contributed by atoms with Crippen molar-refractivity contribution in [3.8, 4) is 5.75 Å². The largest absolute Gasteiger partial charge is 0.494 e. The first kappa shape index (κ1) is 13.9. The van der Waals surface area contributed by atoms with Crippen molar-refractivity contribution in [1.82, 2.24) is 0 Å². The molecular weight excluding hydrogens is 242 g/mol. The van der Waals surface area contributed by atoms with Crippen molar-refractivity contribution in [3.63, 3.8) is 0 Å². The van der Waals surface area contributed by atoms with Gasteiger partial charge in [0.15, 0.2) is 0 Å². The number of anilines is 1. The van der Waals surface area contributed by atoms with Crippen molar-refractivity contribution in [1.29, 1.82) is 0 Å². The van der Waals surface area contributed by atoms with Crippen LogP contribution in [0.4, 0.5) is 5.69 Å². The first-order chi connectivity index (χ1) is 9.00. The van der Waals surface area contributed by atoms with Gasteiger partial charge < -0.3 is 14.7 Å². The van der Waals surface area contributed by atoms with Crippen molar-refractivity contribution < 1.29 is 14.6 Å². The lowest BCUT2D eigenvalue weighted by molar-refractivity contribution is -0.117. The number of amides is 1. The fourth-order valence-electron chi connectivity index (χ4n) is 2.68. The summed E-state index contributed by atoms with van der Waals surface area (Å²) in [7, 11) is 0. The maximum Gasteiger partial charge on any atom is 0.227 e. The predicted molar refractivity (Wildman–Crippen MR) is 74.4 cm³/mol. The van der Waals surface area contributed by atoms with E-state index in [1.54, 1.807) is 4.90 Å². The SMILES string of the molecule is CCOc1ccc(N2C(=O)CC(CO)C2(C)C)cc1. The van der Waals surface area contributed by atoms with Crippen LogP contribution in [-0.4, -0.2) is 29.8 Å². The van der Waals surface area contributed by atoms with Crippen molar-refractivity contribution in [2.45, 2.75) is 32.7 Å². The number of ether oxygens (including phenoxy) is 1. The van der Waals surface area contributed by atoms with Crippen LogP contribution in [0.3, 0.4) is 0 Å². The van der Waals surface area contributed by atoms with Crippen LogP contribution in [-0.2, 0) is 4.79 Å². The highest BCUT2D eigenvalue weighted by atomic mass is 16.5. The summed E-state index contributed by atoms with van der Waals surface area (Å²) < 4.78 is 5.40. The third-order valence-corrected chi connectivity index (χ3v) is 3.87. The number of benzene rings is 1. The molecule has 1 aromatic carbocycles. The van der Waals surface area contributed by atoms with Gasteiger partial charge in [-0.3, -0.25) is 4.79 Å². The topological polar surface area (TPSA) is 49.8 Å². The molecule has 1 aromatic rings. The normalized spacial score (nSPS) is 21.8. The van der Waals surface area contributed by atoms with Gasteiger partial charge >= 0.3 is 0 Å². The lowest BCUT2D eigenvalue weighted by atomic mass is 9.89. The van der Waals surface area contributed by atoms with Crippen LogP contribution < -0.4 is 9.64 Å². The monoisotopic (exact) mass is 263 g/mol. The second-order valence-electron chi connectivity index (χ2n) is 5.39. The number of hydrogen-bond acceptors (Lipinski definition) is 3. The molecule has 19 heavy (non-hydrogen) atoms. The zero-order valence-corrected chi connectivity index (χ0v) is 11.7. The average Bonchev–Trinajstić information content (AvgIpc) is 2.60. The van der Waals surface area contributed by atoms with Crippen molar-refractivity contribution >= 4 is 11.6 Å². The van der Waals surface area contributed by atoms with Gasteiger partial charge in [-0.2, -0.15) is 0 Å². The Hall–Kier alpha value is -1.55. The lowest BCUT2D eigenvalue weighted by Crippen LogP contribution is -2.45. The highest BCUT2D eigenvalue weighted by molar-refractivity contribution is 5.97. The number of rotatable bonds is 4. The fourth-order valence-corrected chi connectivity index (χ4v) is 2.68. The number of aliphatic hydroxyl groups is 1. The predicted octanol–water partition coefficient (Wildman–Crippen LogP) is 2.21. The van der Waals surface area contributed by atoms with Gasteiger partial charge in [0.25, 0.3) is 0 Å². The van der Waals surface area contributed by atoms with Crippen LogP contribution in [0.15, 0.2) is 24.3 Å². The maximum absolute atomic E-state index is 12.2. The molecule has 0 radical (unpaired) electrons. The molecule has 0 spiro atoms. The fraction of sp³-hybridized carbons (Fsp3) is 0.533. The average molecular weight is 263 g/mol. The minimum Gasteiger partial charge on any atom is -0.494 e. The van der Waals surface area contributed by atoms with Gasteiger partial charge in [0.2, 0.25) is 5.91 Å². The minimum atomic E-state index is -0.362. The quantitative estimate of drug-likeness (QED) is 0.906. The highest BCUT2D eigenvalue weighted by Gasteiger charge is 2.46. The molecule has 104 valence electrons. The summed E-state index contributed by atoms with van der Waals surface area (Å²) in [5.74, 6) is 0.842. The summed E-state index contributed by atoms with van der Waals surface area (Å²) in [4.78, 5) is 13.9. The summed E-state index contributed by atoms with van der Waals surface area (Å²) in [5.41, 5.74) is 0.494. The number of carbonyl (C=O) groups excluding carboxylic acids is 1. The first-order valence-corrected chi connectivity index (χ1v) is 6.67. The van der Waals surface area contributed by atoms with E-state index in [1.165, 1.54) is 0 Å². The molecule has 0 saturated carbocycles. The van der Waals surface area contributed by atoms with E-state index in [-0.39, 0.29) is 24.0 Å². The molecule has 1 heterocycles. The van der Waals surface area contributed by atoms with Crippen LogP contribution >= 0.6 is 0 Å². The molecule has 0 aliphatic carbocycles. The number of nitrogens with zero attached hydrogens (tertiary/aromatic N) is 1. The first-order valence-electron chi connectivity index (χ1n) is 6.67. The van der Waals surface area contributed by atoms with Gasteiger partial charge in [0.05, 0.1) is 6.61 Å². The Morgan fingerprint density at radius 2 is 2.00 bits per heavy atom. The van der Waals surface area contributed by atoms with E-state index in [2.05, 4.69) is 0 Å². The van der Waals surface area contributed by atoms with E-state index in [0.29, 0.717) is 13.0 Å².